The van der Waals surface area contributed by atoms with Gasteiger partial charge in [0.25, 0.3) is 5.91 Å². The molecule has 0 unspecified atom stereocenters. The third-order valence-electron chi connectivity index (χ3n) is 4.39. The van der Waals surface area contributed by atoms with E-state index in [0.29, 0.717) is 17.8 Å². The summed E-state index contributed by atoms with van der Waals surface area (Å²) in [4.78, 5) is 24.8. The Bertz CT molecular complexity index is 871. The van der Waals surface area contributed by atoms with Crippen LogP contribution in [0.5, 0.6) is 0 Å². The molecular formula is C20H21N3O2. The Balaban J connectivity index is 1.86. The number of aryl methyl sites for hydroxylation is 2. The molecule has 1 aliphatic heterocycles. The summed E-state index contributed by atoms with van der Waals surface area (Å²) in [5.41, 5.74) is 4.99. The molecule has 5 nitrogen and oxygen atoms in total. The lowest BCUT2D eigenvalue weighted by Crippen LogP contribution is -2.36. The van der Waals surface area contributed by atoms with Crippen LogP contribution in [0.25, 0.3) is 0 Å². The third kappa shape index (κ3) is 3.60. The molecule has 0 radical (unpaired) electrons. The van der Waals surface area contributed by atoms with Crippen molar-refractivity contribution < 1.29 is 9.59 Å². The van der Waals surface area contributed by atoms with Crippen molar-refractivity contribution in [3.8, 4) is 0 Å². The molecule has 0 fully saturated rings. The zero-order valence-electron chi connectivity index (χ0n) is 14.7. The average Bonchev–Trinajstić information content (AvgIpc) is 2.59. The number of carbonyl (C=O) groups excluding carboxylic acids is 2. The van der Waals surface area contributed by atoms with Crippen LogP contribution in [0.15, 0.2) is 47.6 Å². The zero-order chi connectivity index (χ0) is 18.0. The van der Waals surface area contributed by atoms with E-state index in [0.717, 1.165) is 22.4 Å². The maximum Gasteiger partial charge on any atom is 0.271 e. The Labute approximate surface area is 147 Å². The monoisotopic (exact) mass is 335 g/mol. The number of hydrazone groups is 1. The SMILES string of the molecule is Cc1cccc(N2N=C(C(=O)Nc3cccc(C)c3C)CCC2=O)c1. The van der Waals surface area contributed by atoms with Gasteiger partial charge >= 0.3 is 0 Å². The van der Waals surface area contributed by atoms with Crippen LogP contribution in [-0.4, -0.2) is 17.5 Å². The molecule has 0 bridgehead atoms. The van der Waals surface area contributed by atoms with Crippen molar-refractivity contribution in [2.75, 3.05) is 10.3 Å². The Morgan fingerprint density at radius 3 is 2.60 bits per heavy atom. The molecule has 0 saturated heterocycles. The molecule has 128 valence electrons. The van der Waals surface area contributed by atoms with Gasteiger partial charge in [-0.3, -0.25) is 9.59 Å². The number of carbonyl (C=O) groups is 2. The van der Waals surface area contributed by atoms with Crippen molar-refractivity contribution in [3.05, 3.63) is 59.2 Å². The van der Waals surface area contributed by atoms with Crippen molar-refractivity contribution in [3.63, 3.8) is 0 Å². The van der Waals surface area contributed by atoms with E-state index in [1.807, 2.05) is 63.2 Å². The van der Waals surface area contributed by atoms with Crippen LogP contribution in [0, 0.1) is 20.8 Å². The van der Waals surface area contributed by atoms with Crippen LogP contribution in [0.1, 0.15) is 29.5 Å². The summed E-state index contributed by atoms with van der Waals surface area (Å²) in [7, 11) is 0. The number of rotatable bonds is 3. The molecule has 1 heterocycles. The molecule has 1 aliphatic rings. The van der Waals surface area contributed by atoms with Gasteiger partial charge in [-0.2, -0.15) is 5.10 Å². The summed E-state index contributed by atoms with van der Waals surface area (Å²) in [6, 6.07) is 13.3. The molecule has 0 aromatic heterocycles. The standard InChI is InChI=1S/C20H21N3O2/c1-13-6-4-8-16(12-13)23-19(24)11-10-18(22-23)20(25)21-17-9-5-7-14(2)15(17)3/h4-9,12H,10-11H2,1-3H3,(H,21,25). The minimum Gasteiger partial charge on any atom is -0.321 e. The summed E-state index contributed by atoms with van der Waals surface area (Å²) >= 11 is 0. The first-order chi connectivity index (χ1) is 12.0. The van der Waals surface area contributed by atoms with E-state index in [-0.39, 0.29) is 18.2 Å². The van der Waals surface area contributed by atoms with Crippen LogP contribution < -0.4 is 10.3 Å². The number of nitrogens with one attached hydrogen (secondary N) is 1. The molecule has 2 aromatic rings. The fourth-order valence-electron chi connectivity index (χ4n) is 2.76. The number of nitrogens with zero attached hydrogens (tertiary/aromatic N) is 2. The summed E-state index contributed by atoms with van der Waals surface area (Å²) in [5, 5.41) is 8.55. The first-order valence-corrected chi connectivity index (χ1v) is 8.30. The van der Waals surface area contributed by atoms with Crippen molar-refractivity contribution in [1.29, 1.82) is 0 Å². The highest BCUT2D eigenvalue weighted by Crippen LogP contribution is 2.22. The molecular weight excluding hydrogens is 314 g/mol. The van der Waals surface area contributed by atoms with Gasteiger partial charge in [-0.1, -0.05) is 24.3 Å². The molecule has 0 spiro atoms. The minimum absolute atomic E-state index is 0.103. The van der Waals surface area contributed by atoms with Gasteiger partial charge in [0.05, 0.1) is 5.69 Å². The second-order valence-electron chi connectivity index (χ2n) is 6.29. The topological polar surface area (TPSA) is 61.8 Å². The predicted molar refractivity (Wildman–Crippen MR) is 99.9 cm³/mol. The molecule has 3 rings (SSSR count). The van der Waals surface area contributed by atoms with Gasteiger partial charge in [0.1, 0.15) is 5.71 Å². The fraction of sp³-hybridized carbons (Fsp3) is 0.250. The van der Waals surface area contributed by atoms with Crippen LogP contribution in [0.3, 0.4) is 0 Å². The second kappa shape index (κ2) is 6.89. The molecule has 0 saturated carbocycles. The first kappa shape index (κ1) is 16.9. The Hall–Kier alpha value is -2.95. The number of amides is 2. The lowest BCUT2D eigenvalue weighted by atomic mass is 10.1. The fourth-order valence-corrected chi connectivity index (χ4v) is 2.76. The van der Waals surface area contributed by atoms with E-state index in [1.54, 1.807) is 0 Å². The number of benzene rings is 2. The van der Waals surface area contributed by atoms with Crippen molar-refractivity contribution in [2.45, 2.75) is 33.6 Å². The highest BCUT2D eigenvalue weighted by atomic mass is 16.2. The summed E-state index contributed by atoms with van der Waals surface area (Å²) < 4.78 is 0. The maximum absolute atomic E-state index is 12.6. The molecule has 1 N–H and O–H groups in total. The average molecular weight is 335 g/mol. The van der Waals surface area contributed by atoms with E-state index in [4.69, 9.17) is 0 Å². The van der Waals surface area contributed by atoms with E-state index < -0.39 is 0 Å². The highest BCUT2D eigenvalue weighted by Gasteiger charge is 2.26. The van der Waals surface area contributed by atoms with Crippen LogP contribution in [0.2, 0.25) is 0 Å². The quantitative estimate of drug-likeness (QED) is 0.929. The van der Waals surface area contributed by atoms with Gasteiger partial charge < -0.3 is 5.32 Å². The Kier molecular flexibility index (Phi) is 4.65. The van der Waals surface area contributed by atoms with Crippen molar-refractivity contribution in [2.24, 2.45) is 5.10 Å². The van der Waals surface area contributed by atoms with Gasteiger partial charge in [0.2, 0.25) is 5.91 Å². The van der Waals surface area contributed by atoms with Crippen LogP contribution >= 0.6 is 0 Å². The molecule has 25 heavy (non-hydrogen) atoms. The normalized spacial score (nSPS) is 14.3. The van der Waals surface area contributed by atoms with Crippen molar-refractivity contribution in [1.82, 2.24) is 0 Å². The van der Waals surface area contributed by atoms with Crippen LogP contribution in [0.4, 0.5) is 11.4 Å². The molecule has 0 aliphatic carbocycles. The minimum atomic E-state index is -0.265. The van der Waals surface area contributed by atoms with Gasteiger partial charge in [0.15, 0.2) is 0 Å². The lowest BCUT2D eigenvalue weighted by molar-refractivity contribution is -0.118. The number of hydrogen-bond acceptors (Lipinski definition) is 3. The van der Waals surface area contributed by atoms with Gasteiger partial charge in [-0.15, -0.1) is 0 Å². The van der Waals surface area contributed by atoms with E-state index in [2.05, 4.69) is 10.4 Å². The van der Waals surface area contributed by atoms with E-state index in [9.17, 15) is 9.59 Å². The van der Waals surface area contributed by atoms with E-state index in [1.165, 1.54) is 5.01 Å². The maximum atomic E-state index is 12.6. The highest BCUT2D eigenvalue weighted by molar-refractivity contribution is 6.44. The molecule has 0 atom stereocenters. The Morgan fingerprint density at radius 1 is 1.08 bits per heavy atom. The number of anilines is 2. The predicted octanol–water partition coefficient (Wildman–Crippen LogP) is 3.73. The third-order valence-corrected chi connectivity index (χ3v) is 4.39. The largest absolute Gasteiger partial charge is 0.321 e. The summed E-state index contributed by atoms with van der Waals surface area (Å²) in [6.07, 6.45) is 0.616. The van der Waals surface area contributed by atoms with Crippen LogP contribution in [-0.2, 0) is 9.59 Å². The van der Waals surface area contributed by atoms with Gasteiger partial charge in [-0.05, 0) is 55.7 Å². The summed E-state index contributed by atoms with van der Waals surface area (Å²) in [5.74, 6) is -0.368. The lowest BCUT2D eigenvalue weighted by Gasteiger charge is -2.23. The van der Waals surface area contributed by atoms with E-state index >= 15 is 0 Å². The van der Waals surface area contributed by atoms with Gasteiger partial charge in [-0.25, -0.2) is 5.01 Å². The molecule has 2 amide bonds. The number of hydrogen-bond donors (Lipinski definition) is 1. The second-order valence-corrected chi connectivity index (χ2v) is 6.29. The van der Waals surface area contributed by atoms with Gasteiger partial charge in [0, 0.05) is 18.5 Å². The first-order valence-electron chi connectivity index (χ1n) is 8.30. The molecule has 2 aromatic carbocycles. The summed E-state index contributed by atoms with van der Waals surface area (Å²) in [6.45, 7) is 5.92. The zero-order valence-corrected chi connectivity index (χ0v) is 14.7. The molecule has 5 heteroatoms. The van der Waals surface area contributed by atoms with Crippen molar-refractivity contribution >= 4 is 28.9 Å². The smallest absolute Gasteiger partial charge is 0.271 e. The Morgan fingerprint density at radius 2 is 1.84 bits per heavy atom.